The highest BCUT2D eigenvalue weighted by molar-refractivity contribution is 5.51. The van der Waals surface area contributed by atoms with Crippen LogP contribution in [0, 0.1) is 0 Å². The molecule has 0 radical (unpaired) electrons. The number of aromatic nitrogens is 4. The molecular weight excluding hydrogens is 297 g/mol. The average Bonchev–Trinajstić information content (AvgIpc) is 2.91. The SMILES string of the molecule is CCOc1nc(N)nn2c([C@H](F)[C@H](O)C(CO)OC)cnc12. The fourth-order valence-electron chi connectivity index (χ4n) is 2.00. The second-order valence-corrected chi connectivity index (χ2v) is 4.48. The summed E-state index contributed by atoms with van der Waals surface area (Å²) in [6.07, 6.45) is -3.37. The number of aliphatic hydroxyl groups is 2. The standard InChI is InChI=1S/C12H18FN5O4/c1-3-22-11-10-15-4-6(18(10)17-12(14)16-11)8(13)9(20)7(5-19)21-2/h4,7-9,19-20H,3,5H2,1-2H3,(H2,14,17)/t7?,8-,9+/m0/s1. The number of imidazole rings is 1. The third-order valence-corrected chi connectivity index (χ3v) is 3.10. The number of hydrogen-bond acceptors (Lipinski definition) is 8. The van der Waals surface area contributed by atoms with Gasteiger partial charge in [-0.2, -0.15) is 4.98 Å². The molecule has 0 fully saturated rings. The Morgan fingerprint density at radius 1 is 1.50 bits per heavy atom. The molecule has 1 unspecified atom stereocenters. The van der Waals surface area contributed by atoms with E-state index in [1.54, 1.807) is 6.92 Å². The monoisotopic (exact) mass is 315 g/mol. The first kappa shape index (κ1) is 16.3. The van der Waals surface area contributed by atoms with Crippen molar-refractivity contribution in [2.24, 2.45) is 0 Å². The molecule has 22 heavy (non-hydrogen) atoms. The molecule has 3 atom stereocenters. The van der Waals surface area contributed by atoms with Crippen molar-refractivity contribution < 1.29 is 24.1 Å². The number of aliphatic hydroxyl groups excluding tert-OH is 2. The number of hydrogen-bond donors (Lipinski definition) is 3. The summed E-state index contributed by atoms with van der Waals surface area (Å²) in [4.78, 5) is 7.88. The van der Waals surface area contributed by atoms with Gasteiger partial charge in [-0.05, 0) is 6.92 Å². The molecule has 10 heteroatoms. The van der Waals surface area contributed by atoms with E-state index in [-0.39, 0.29) is 23.2 Å². The Balaban J connectivity index is 2.43. The highest BCUT2D eigenvalue weighted by Gasteiger charge is 2.32. The number of methoxy groups -OCH3 is 1. The van der Waals surface area contributed by atoms with Crippen LogP contribution in [0.3, 0.4) is 0 Å². The van der Waals surface area contributed by atoms with Crippen LogP contribution < -0.4 is 10.5 Å². The predicted molar refractivity (Wildman–Crippen MR) is 74.1 cm³/mol. The Labute approximate surface area is 125 Å². The minimum absolute atomic E-state index is 0.0481. The molecule has 0 bridgehead atoms. The van der Waals surface area contributed by atoms with Crippen molar-refractivity contribution >= 4 is 11.6 Å². The zero-order valence-corrected chi connectivity index (χ0v) is 12.2. The Morgan fingerprint density at radius 3 is 2.82 bits per heavy atom. The van der Waals surface area contributed by atoms with Crippen molar-refractivity contribution in [3.63, 3.8) is 0 Å². The third-order valence-electron chi connectivity index (χ3n) is 3.10. The normalized spacial score (nSPS) is 15.7. The molecule has 0 aromatic carbocycles. The molecule has 9 nitrogen and oxygen atoms in total. The summed E-state index contributed by atoms with van der Waals surface area (Å²) >= 11 is 0. The molecule has 122 valence electrons. The van der Waals surface area contributed by atoms with Crippen LogP contribution in [0.4, 0.5) is 10.3 Å². The number of fused-ring (bicyclic) bond motifs is 1. The Morgan fingerprint density at radius 2 is 2.23 bits per heavy atom. The van der Waals surface area contributed by atoms with E-state index in [9.17, 15) is 9.50 Å². The fraction of sp³-hybridized carbons (Fsp3) is 0.583. The first-order chi connectivity index (χ1) is 10.5. The van der Waals surface area contributed by atoms with Gasteiger partial charge < -0.3 is 25.4 Å². The van der Waals surface area contributed by atoms with Gasteiger partial charge in [0.05, 0.1) is 19.4 Å². The van der Waals surface area contributed by atoms with E-state index in [4.69, 9.17) is 20.3 Å². The van der Waals surface area contributed by atoms with Crippen LogP contribution >= 0.6 is 0 Å². The summed E-state index contributed by atoms with van der Waals surface area (Å²) in [6.45, 7) is 1.55. The second kappa shape index (κ2) is 6.81. The lowest BCUT2D eigenvalue weighted by Gasteiger charge is -2.22. The van der Waals surface area contributed by atoms with Gasteiger partial charge >= 0.3 is 0 Å². The number of alkyl halides is 1. The van der Waals surface area contributed by atoms with Crippen LogP contribution in [0.1, 0.15) is 18.8 Å². The van der Waals surface area contributed by atoms with Crippen LogP contribution in [0.15, 0.2) is 6.20 Å². The Kier molecular flexibility index (Phi) is 5.06. The molecule has 2 aromatic heterocycles. The third kappa shape index (κ3) is 2.93. The summed E-state index contributed by atoms with van der Waals surface area (Å²) in [7, 11) is 1.26. The maximum atomic E-state index is 14.5. The summed E-state index contributed by atoms with van der Waals surface area (Å²) in [5.74, 6) is -0.00395. The van der Waals surface area contributed by atoms with E-state index in [2.05, 4.69) is 15.1 Å². The lowest BCUT2D eigenvalue weighted by atomic mass is 10.1. The minimum atomic E-state index is -1.89. The first-order valence-corrected chi connectivity index (χ1v) is 6.63. The molecule has 0 saturated heterocycles. The fourth-order valence-corrected chi connectivity index (χ4v) is 2.00. The van der Waals surface area contributed by atoms with Gasteiger partial charge in [-0.3, -0.25) is 0 Å². The molecule has 0 saturated carbocycles. The van der Waals surface area contributed by atoms with Crippen LogP contribution in [-0.4, -0.2) is 62.3 Å². The summed E-state index contributed by atoms with van der Waals surface area (Å²) in [5.41, 5.74) is 5.70. The van der Waals surface area contributed by atoms with Gasteiger partial charge in [-0.25, -0.2) is 13.9 Å². The van der Waals surface area contributed by atoms with Crippen molar-refractivity contribution in [2.75, 3.05) is 26.1 Å². The van der Waals surface area contributed by atoms with Crippen LogP contribution in [0.25, 0.3) is 5.65 Å². The van der Waals surface area contributed by atoms with Gasteiger partial charge in [-0.15, -0.1) is 5.10 Å². The van der Waals surface area contributed by atoms with E-state index in [0.717, 1.165) is 4.52 Å². The van der Waals surface area contributed by atoms with Gasteiger partial charge in [-0.1, -0.05) is 0 Å². The van der Waals surface area contributed by atoms with Gasteiger partial charge in [0.25, 0.3) is 5.88 Å². The number of nitrogen functional groups attached to an aromatic ring is 1. The number of nitrogens with zero attached hydrogens (tertiary/aromatic N) is 4. The largest absolute Gasteiger partial charge is 0.475 e. The van der Waals surface area contributed by atoms with E-state index in [0.29, 0.717) is 6.61 Å². The second-order valence-electron chi connectivity index (χ2n) is 4.48. The average molecular weight is 315 g/mol. The first-order valence-electron chi connectivity index (χ1n) is 6.63. The predicted octanol–water partition coefficient (Wildman–Crippen LogP) is -0.516. The van der Waals surface area contributed by atoms with E-state index in [1.165, 1.54) is 13.3 Å². The lowest BCUT2D eigenvalue weighted by molar-refractivity contribution is -0.0741. The molecule has 0 aliphatic rings. The maximum absolute atomic E-state index is 14.5. The van der Waals surface area contributed by atoms with Gasteiger partial charge in [0.1, 0.15) is 17.9 Å². The Hall–Kier alpha value is -2.04. The van der Waals surface area contributed by atoms with Crippen molar-refractivity contribution in [1.29, 1.82) is 0 Å². The number of rotatable bonds is 7. The van der Waals surface area contributed by atoms with E-state index in [1.807, 2.05) is 0 Å². The number of anilines is 1. The van der Waals surface area contributed by atoms with Gasteiger partial charge in [0, 0.05) is 7.11 Å². The zero-order chi connectivity index (χ0) is 16.3. The number of ether oxygens (including phenoxy) is 2. The van der Waals surface area contributed by atoms with Gasteiger partial charge in [0.15, 0.2) is 6.17 Å². The number of halogens is 1. The van der Waals surface area contributed by atoms with E-state index >= 15 is 0 Å². The van der Waals surface area contributed by atoms with Crippen molar-refractivity contribution in [1.82, 2.24) is 19.6 Å². The molecule has 2 rings (SSSR count). The van der Waals surface area contributed by atoms with Crippen molar-refractivity contribution in [2.45, 2.75) is 25.3 Å². The van der Waals surface area contributed by atoms with Crippen molar-refractivity contribution in [3.05, 3.63) is 11.9 Å². The lowest BCUT2D eigenvalue weighted by Crippen LogP contribution is -2.35. The molecule has 0 spiro atoms. The van der Waals surface area contributed by atoms with E-state index < -0.39 is 25.0 Å². The topological polar surface area (TPSA) is 128 Å². The molecular formula is C12H18FN5O4. The van der Waals surface area contributed by atoms with Crippen LogP contribution in [0.2, 0.25) is 0 Å². The smallest absolute Gasteiger partial charge is 0.263 e. The zero-order valence-electron chi connectivity index (χ0n) is 12.2. The molecule has 2 aromatic rings. The number of nitrogens with two attached hydrogens (primary N) is 1. The van der Waals surface area contributed by atoms with Gasteiger partial charge in [0.2, 0.25) is 11.6 Å². The quantitative estimate of drug-likeness (QED) is 0.623. The molecule has 0 aliphatic carbocycles. The van der Waals surface area contributed by atoms with Crippen molar-refractivity contribution in [3.8, 4) is 5.88 Å². The van der Waals surface area contributed by atoms with Crippen LogP contribution in [0.5, 0.6) is 5.88 Å². The Bertz CT molecular complexity index is 633. The molecule has 4 N–H and O–H groups in total. The maximum Gasteiger partial charge on any atom is 0.263 e. The summed E-state index contributed by atoms with van der Waals surface area (Å²) < 4.78 is 25.7. The minimum Gasteiger partial charge on any atom is -0.475 e. The highest BCUT2D eigenvalue weighted by atomic mass is 19.1. The summed E-state index contributed by atoms with van der Waals surface area (Å²) in [6, 6.07) is 0. The molecule has 2 heterocycles. The van der Waals surface area contributed by atoms with Crippen LogP contribution in [-0.2, 0) is 4.74 Å². The summed E-state index contributed by atoms with van der Waals surface area (Å²) in [5, 5.41) is 22.9. The molecule has 0 aliphatic heterocycles. The molecule has 0 amide bonds. The highest BCUT2D eigenvalue weighted by Crippen LogP contribution is 2.27.